The third-order valence-electron chi connectivity index (χ3n) is 6.42. The average Bonchev–Trinajstić information content (AvgIpc) is 3.27. The van der Waals surface area contributed by atoms with Crippen LogP contribution in [-0.4, -0.2) is 29.6 Å². The molecule has 0 N–H and O–H groups in total. The van der Waals surface area contributed by atoms with Gasteiger partial charge in [0.2, 0.25) is 0 Å². The lowest BCUT2D eigenvalue weighted by Gasteiger charge is -2.15. The molecule has 0 unspecified atom stereocenters. The van der Waals surface area contributed by atoms with E-state index in [-0.39, 0.29) is 5.91 Å². The molecular weight excluding hydrogens is 584 g/mol. The van der Waals surface area contributed by atoms with Crippen molar-refractivity contribution >= 4 is 50.5 Å². The number of aliphatic imine (C=N–C) groups is 1. The number of rotatable bonds is 9. The molecule has 202 valence electrons. The molecule has 0 atom stereocenters. The predicted molar refractivity (Wildman–Crippen MR) is 167 cm³/mol. The van der Waals surface area contributed by atoms with Crippen LogP contribution in [0, 0.1) is 6.92 Å². The lowest BCUT2D eigenvalue weighted by Crippen LogP contribution is -2.31. The molecule has 0 aromatic heterocycles. The van der Waals surface area contributed by atoms with Crippen molar-refractivity contribution < 1.29 is 14.3 Å². The summed E-state index contributed by atoms with van der Waals surface area (Å²) < 4.78 is 12.5. The molecular formula is C33H29BrN2O3S. The fraction of sp³-hybridized carbons (Fsp3) is 0.152. The number of ether oxygens (including phenoxy) is 2. The molecule has 4 aromatic carbocycles. The first-order valence-corrected chi connectivity index (χ1v) is 14.6. The zero-order valence-electron chi connectivity index (χ0n) is 22.3. The Bertz CT molecular complexity index is 1540. The number of amides is 1. The van der Waals surface area contributed by atoms with Crippen LogP contribution in [0.1, 0.15) is 22.3 Å². The van der Waals surface area contributed by atoms with Crippen LogP contribution in [0.2, 0.25) is 0 Å². The van der Waals surface area contributed by atoms with Crippen molar-refractivity contribution in [1.29, 1.82) is 0 Å². The van der Waals surface area contributed by atoms with Crippen molar-refractivity contribution in [1.82, 2.24) is 4.90 Å². The van der Waals surface area contributed by atoms with Gasteiger partial charge in [0.15, 0.2) is 16.7 Å². The first-order chi connectivity index (χ1) is 19.5. The molecule has 0 saturated carbocycles. The maximum atomic E-state index is 13.7. The minimum Gasteiger partial charge on any atom is -0.493 e. The van der Waals surface area contributed by atoms with Crippen molar-refractivity contribution in [2.24, 2.45) is 4.99 Å². The SMILES string of the molecule is COc1cc(/C=C2/SC(=Nc3ccc(C)cc3)N(CCc3ccccc3)C2=O)c(Br)cc1OCc1ccccc1. The molecule has 0 bridgehead atoms. The van der Waals surface area contributed by atoms with Gasteiger partial charge in [-0.1, -0.05) is 94.3 Å². The molecule has 1 saturated heterocycles. The van der Waals surface area contributed by atoms with Gasteiger partial charge in [0, 0.05) is 11.0 Å². The summed E-state index contributed by atoms with van der Waals surface area (Å²) in [6.07, 6.45) is 2.62. The third-order valence-corrected chi connectivity index (χ3v) is 8.11. The van der Waals surface area contributed by atoms with E-state index >= 15 is 0 Å². The van der Waals surface area contributed by atoms with Gasteiger partial charge in [-0.2, -0.15) is 0 Å². The van der Waals surface area contributed by atoms with Gasteiger partial charge in [-0.3, -0.25) is 9.69 Å². The van der Waals surface area contributed by atoms with Gasteiger partial charge in [-0.25, -0.2) is 4.99 Å². The fourth-order valence-corrected chi connectivity index (χ4v) is 5.67. The second-order valence-electron chi connectivity index (χ2n) is 9.33. The number of carbonyl (C=O) groups excluding carboxylic acids is 1. The van der Waals surface area contributed by atoms with Gasteiger partial charge in [-0.05, 0) is 72.1 Å². The molecule has 40 heavy (non-hydrogen) atoms. The Morgan fingerprint density at radius 2 is 1.57 bits per heavy atom. The van der Waals surface area contributed by atoms with E-state index in [1.54, 1.807) is 12.0 Å². The number of benzene rings is 4. The molecule has 1 amide bonds. The first kappa shape index (κ1) is 27.7. The van der Waals surface area contributed by atoms with Crippen molar-refractivity contribution in [2.75, 3.05) is 13.7 Å². The monoisotopic (exact) mass is 612 g/mol. The molecule has 5 rings (SSSR count). The molecule has 1 heterocycles. The molecule has 5 nitrogen and oxygen atoms in total. The summed E-state index contributed by atoms with van der Waals surface area (Å²) in [7, 11) is 1.61. The van der Waals surface area contributed by atoms with E-state index in [1.165, 1.54) is 17.3 Å². The van der Waals surface area contributed by atoms with Gasteiger partial charge in [-0.15, -0.1) is 0 Å². The number of halogens is 1. The van der Waals surface area contributed by atoms with Crippen molar-refractivity contribution in [3.63, 3.8) is 0 Å². The largest absolute Gasteiger partial charge is 0.493 e. The zero-order valence-corrected chi connectivity index (χ0v) is 24.7. The van der Waals surface area contributed by atoms with Gasteiger partial charge in [0.1, 0.15) is 6.61 Å². The Labute approximate surface area is 247 Å². The van der Waals surface area contributed by atoms with Gasteiger partial charge < -0.3 is 9.47 Å². The lowest BCUT2D eigenvalue weighted by atomic mass is 10.1. The Kier molecular flexibility index (Phi) is 9.04. The molecule has 0 radical (unpaired) electrons. The Balaban J connectivity index is 1.42. The molecule has 7 heteroatoms. The number of nitrogens with zero attached hydrogens (tertiary/aromatic N) is 2. The highest BCUT2D eigenvalue weighted by molar-refractivity contribution is 9.10. The predicted octanol–water partition coefficient (Wildman–Crippen LogP) is 8.19. The topological polar surface area (TPSA) is 51.1 Å². The number of amidine groups is 1. The zero-order chi connectivity index (χ0) is 27.9. The normalized spacial score (nSPS) is 15.2. The number of thioether (sulfide) groups is 1. The van der Waals surface area contributed by atoms with Crippen molar-refractivity contribution in [2.45, 2.75) is 20.0 Å². The van der Waals surface area contributed by atoms with Gasteiger partial charge >= 0.3 is 0 Å². The second kappa shape index (κ2) is 13.0. The van der Waals surface area contributed by atoms with Crippen LogP contribution < -0.4 is 9.47 Å². The number of carbonyl (C=O) groups is 1. The lowest BCUT2D eigenvalue weighted by molar-refractivity contribution is -0.122. The highest BCUT2D eigenvalue weighted by atomic mass is 79.9. The smallest absolute Gasteiger partial charge is 0.266 e. The molecule has 0 spiro atoms. The van der Waals surface area contributed by atoms with E-state index in [0.29, 0.717) is 34.7 Å². The highest BCUT2D eigenvalue weighted by Gasteiger charge is 2.33. The van der Waals surface area contributed by atoms with Crippen LogP contribution in [-0.2, 0) is 17.8 Å². The summed E-state index contributed by atoms with van der Waals surface area (Å²) >= 11 is 5.06. The molecule has 1 aliphatic heterocycles. The number of aryl methyl sites for hydroxylation is 1. The summed E-state index contributed by atoms with van der Waals surface area (Å²) in [6, 6.07) is 31.9. The van der Waals surface area contributed by atoms with Gasteiger partial charge in [0.05, 0.1) is 17.7 Å². The maximum Gasteiger partial charge on any atom is 0.266 e. The quantitative estimate of drug-likeness (QED) is 0.179. The molecule has 1 aliphatic rings. The maximum absolute atomic E-state index is 13.7. The first-order valence-electron chi connectivity index (χ1n) is 12.9. The minimum atomic E-state index is -0.0675. The number of methoxy groups -OCH3 is 1. The summed E-state index contributed by atoms with van der Waals surface area (Å²) in [5, 5.41) is 0.668. The molecule has 4 aromatic rings. The van der Waals surface area contributed by atoms with Crippen LogP contribution in [0.5, 0.6) is 11.5 Å². The minimum absolute atomic E-state index is 0.0675. The second-order valence-corrected chi connectivity index (χ2v) is 11.2. The third kappa shape index (κ3) is 6.84. The average molecular weight is 614 g/mol. The van der Waals surface area contributed by atoms with Crippen LogP contribution in [0.25, 0.3) is 6.08 Å². The van der Waals surface area contributed by atoms with Crippen LogP contribution in [0.15, 0.2) is 111 Å². The summed E-state index contributed by atoms with van der Waals surface area (Å²) in [6.45, 7) is 3.00. The van der Waals surface area contributed by atoms with Crippen LogP contribution >= 0.6 is 27.7 Å². The molecule has 0 aliphatic carbocycles. The summed E-state index contributed by atoms with van der Waals surface area (Å²) in [5.74, 6) is 1.15. The van der Waals surface area contributed by atoms with E-state index in [4.69, 9.17) is 14.5 Å². The van der Waals surface area contributed by atoms with Crippen LogP contribution in [0.4, 0.5) is 5.69 Å². The van der Waals surface area contributed by atoms with E-state index in [0.717, 1.165) is 33.3 Å². The van der Waals surface area contributed by atoms with E-state index in [1.807, 2.05) is 97.9 Å². The fourth-order valence-electron chi connectivity index (χ4n) is 4.21. The van der Waals surface area contributed by atoms with E-state index in [9.17, 15) is 4.79 Å². The molecule has 1 fully saturated rings. The highest BCUT2D eigenvalue weighted by Crippen LogP contribution is 2.39. The number of hydrogen-bond acceptors (Lipinski definition) is 5. The summed E-state index contributed by atoms with van der Waals surface area (Å²) in [5.41, 5.74) is 5.03. The Morgan fingerprint density at radius 3 is 2.25 bits per heavy atom. The van der Waals surface area contributed by atoms with Crippen LogP contribution in [0.3, 0.4) is 0 Å². The Hall–Kier alpha value is -3.81. The van der Waals surface area contributed by atoms with Crippen molar-refractivity contribution in [3.8, 4) is 11.5 Å². The van der Waals surface area contributed by atoms with E-state index in [2.05, 4.69) is 28.1 Å². The summed E-state index contributed by atoms with van der Waals surface area (Å²) in [4.78, 5) is 20.9. The standard InChI is InChI=1S/C33H29BrN2O3S/c1-23-13-15-27(16-14-23)35-33-36(18-17-24-9-5-3-6-10-24)32(37)31(40-33)20-26-19-29(38-2)30(21-28(26)34)39-22-25-11-7-4-8-12-25/h3-16,19-21H,17-18,22H2,1-2H3/b31-20+,35-33?. The van der Waals surface area contributed by atoms with Gasteiger partial charge in [0.25, 0.3) is 5.91 Å². The Morgan fingerprint density at radius 1 is 0.900 bits per heavy atom. The number of hydrogen-bond donors (Lipinski definition) is 0. The van der Waals surface area contributed by atoms with Crippen molar-refractivity contribution in [3.05, 3.63) is 129 Å². The van der Waals surface area contributed by atoms with E-state index < -0.39 is 0 Å².